The van der Waals surface area contributed by atoms with Gasteiger partial charge < -0.3 is 9.84 Å². The van der Waals surface area contributed by atoms with E-state index in [4.69, 9.17) is 4.74 Å². The zero-order chi connectivity index (χ0) is 17.3. The molecule has 0 bridgehead atoms. The van der Waals surface area contributed by atoms with Crippen molar-refractivity contribution in [3.05, 3.63) is 12.2 Å². The molecule has 0 aliphatic rings. The van der Waals surface area contributed by atoms with Crippen LogP contribution in [-0.2, 0) is 9.53 Å². The van der Waals surface area contributed by atoms with Crippen LogP contribution in [0.3, 0.4) is 0 Å². The molecule has 0 radical (unpaired) electrons. The molecule has 23 heavy (non-hydrogen) atoms. The van der Waals surface area contributed by atoms with Crippen molar-refractivity contribution < 1.29 is 14.6 Å². The second-order valence-electron chi connectivity index (χ2n) is 6.67. The van der Waals surface area contributed by atoms with E-state index in [9.17, 15) is 9.90 Å². The molecule has 3 nitrogen and oxygen atoms in total. The lowest BCUT2D eigenvalue weighted by atomic mass is 10.0. The first-order valence-corrected chi connectivity index (χ1v) is 9.62. The lowest BCUT2D eigenvalue weighted by molar-refractivity contribution is -0.163. The van der Waals surface area contributed by atoms with Crippen molar-refractivity contribution in [3.63, 3.8) is 0 Å². The number of carbonyl (C=O) groups is 1. The summed E-state index contributed by atoms with van der Waals surface area (Å²) in [4.78, 5) is 11.2. The van der Waals surface area contributed by atoms with Gasteiger partial charge in [-0.05, 0) is 13.3 Å². The van der Waals surface area contributed by atoms with Gasteiger partial charge in [0.25, 0.3) is 0 Å². The Kier molecular flexibility index (Phi) is 15.5. The van der Waals surface area contributed by atoms with Gasteiger partial charge in [0.2, 0.25) is 6.29 Å². The van der Waals surface area contributed by atoms with Crippen molar-refractivity contribution in [2.45, 2.75) is 110 Å². The Labute approximate surface area is 143 Å². The van der Waals surface area contributed by atoms with E-state index in [2.05, 4.69) is 13.5 Å². The zero-order valence-corrected chi connectivity index (χ0v) is 15.4. The predicted octanol–water partition coefficient (Wildman–Crippen LogP) is 5.91. The van der Waals surface area contributed by atoms with Gasteiger partial charge in [0.05, 0.1) is 0 Å². The second kappa shape index (κ2) is 16.0. The van der Waals surface area contributed by atoms with Gasteiger partial charge in [-0.25, -0.2) is 4.79 Å². The Morgan fingerprint density at radius 1 is 0.870 bits per heavy atom. The van der Waals surface area contributed by atoms with Gasteiger partial charge in [0.1, 0.15) is 0 Å². The first-order valence-electron chi connectivity index (χ1n) is 9.62. The summed E-state index contributed by atoms with van der Waals surface area (Å²) in [6.07, 6.45) is 16.4. The molecule has 0 aliphatic heterocycles. The van der Waals surface area contributed by atoms with E-state index >= 15 is 0 Å². The minimum atomic E-state index is -0.980. The summed E-state index contributed by atoms with van der Waals surface area (Å²) in [6.45, 7) is 7.34. The molecule has 0 aromatic carbocycles. The zero-order valence-electron chi connectivity index (χ0n) is 15.4. The smallest absolute Gasteiger partial charge is 0.335 e. The van der Waals surface area contributed by atoms with Gasteiger partial charge in [-0.1, -0.05) is 90.6 Å². The van der Waals surface area contributed by atoms with Crippen molar-refractivity contribution >= 4 is 5.97 Å². The Morgan fingerprint density at radius 2 is 1.26 bits per heavy atom. The van der Waals surface area contributed by atoms with E-state index < -0.39 is 12.3 Å². The van der Waals surface area contributed by atoms with E-state index in [1.54, 1.807) is 6.92 Å². The molecule has 1 unspecified atom stereocenters. The number of unbranched alkanes of at least 4 members (excludes halogenated alkanes) is 12. The third-order valence-electron chi connectivity index (χ3n) is 4.15. The molecule has 0 fully saturated rings. The summed E-state index contributed by atoms with van der Waals surface area (Å²) < 4.78 is 4.84. The first-order chi connectivity index (χ1) is 11.1. The summed E-state index contributed by atoms with van der Waals surface area (Å²) in [5.41, 5.74) is 0.328. The van der Waals surface area contributed by atoms with Crippen molar-refractivity contribution in [1.82, 2.24) is 0 Å². The molecule has 0 rings (SSSR count). The second-order valence-corrected chi connectivity index (χ2v) is 6.67. The minimum Gasteiger partial charge on any atom is -0.433 e. The summed E-state index contributed by atoms with van der Waals surface area (Å²) in [5, 5.41) is 9.56. The quantitative estimate of drug-likeness (QED) is 0.166. The number of rotatable bonds is 16. The van der Waals surface area contributed by atoms with Crippen LogP contribution in [0.2, 0.25) is 0 Å². The van der Waals surface area contributed by atoms with Gasteiger partial charge in [-0.15, -0.1) is 0 Å². The van der Waals surface area contributed by atoms with Crippen LogP contribution in [0.15, 0.2) is 12.2 Å². The Morgan fingerprint density at radius 3 is 1.65 bits per heavy atom. The van der Waals surface area contributed by atoms with Crippen LogP contribution < -0.4 is 0 Å². The molecule has 1 atom stereocenters. The average Bonchev–Trinajstić information content (AvgIpc) is 2.51. The standard InChI is InChI=1S/C20H38O3/c1-4-5-6-7-8-9-10-11-12-13-14-15-16-17-19(21)23-20(22)18(2)3/h19,21H,2,4-17H2,1,3H3. The van der Waals surface area contributed by atoms with Gasteiger partial charge in [0, 0.05) is 12.0 Å². The van der Waals surface area contributed by atoms with E-state index in [0.717, 1.165) is 12.8 Å². The Bertz CT molecular complexity index is 299. The fraction of sp³-hybridized carbons (Fsp3) is 0.850. The topological polar surface area (TPSA) is 46.5 Å². The number of hydrogen-bond donors (Lipinski definition) is 1. The molecule has 0 saturated heterocycles. The SMILES string of the molecule is C=C(C)C(=O)OC(O)CCCCCCCCCCCCCCC. The van der Waals surface area contributed by atoms with Crippen molar-refractivity contribution in [2.75, 3.05) is 0 Å². The first kappa shape index (κ1) is 22.2. The van der Waals surface area contributed by atoms with E-state index in [1.165, 1.54) is 70.6 Å². The largest absolute Gasteiger partial charge is 0.433 e. The van der Waals surface area contributed by atoms with Crippen molar-refractivity contribution in [3.8, 4) is 0 Å². The van der Waals surface area contributed by atoms with Gasteiger partial charge >= 0.3 is 5.97 Å². The van der Waals surface area contributed by atoms with Gasteiger partial charge in [-0.3, -0.25) is 0 Å². The monoisotopic (exact) mass is 326 g/mol. The number of aliphatic hydroxyl groups excluding tert-OH is 1. The highest BCUT2D eigenvalue weighted by molar-refractivity contribution is 5.86. The molecule has 3 heteroatoms. The van der Waals surface area contributed by atoms with E-state index in [-0.39, 0.29) is 0 Å². The van der Waals surface area contributed by atoms with Crippen LogP contribution in [-0.4, -0.2) is 17.4 Å². The molecule has 0 aromatic rings. The van der Waals surface area contributed by atoms with Crippen LogP contribution in [0.5, 0.6) is 0 Å². The third-order valence-corrected chi connectivity index (χ3v) is 4.15. The molecular formula is C20H38O3. The molecule has 136 valence electrons. The number of hydrogen-bond acceptors (Lipinski definition) is 3. The van der Waals surface area contributed by atoms with Crippen LogP contribution in [0, 0.1) is 0 Å². The highest BCUT2D eigenvalue weighted by Gasteiger charge is 2.10. The minimum absolute atomic E-state index is 0.328. The third kappa shape index (κ3) is 15.8. The fourth-order valence-electron chi connectivity index (χ4n) is 2.62. The molecule has 0 spiro atoms. The number of ether oxygens (including phenoxy) is 1. The number of esters is 1. The normalized spacial score (nSPS) is 12.1. The highest BCUT2D eigenvalue weighted by atomic mass is 16.6. The Hall–Kier alpha value is -0.830. The molecule has 0 aromatic heterocycles. The predicted molar refractivity (Wildman–Crippen MR) is 97.2 cm³/mol. The average molecular weight is 327 g/mol. The molecule has 0 heterocycles. The lowest BCUT2D eigenvalue weighted by Crippen LogP contribution is -2.17. The Balaban J connectivity index is 3.21. The van der Waals surface area contributed by atoms with Gasteiger partial charge in [0.15, 0.2) is 0 Å². The number of carbonyl (C=O) groups excluding carboxylic acids is 1. The summed E-state index contributed by atoms with van der Waals surface area (Å²) >= 11 is 0. The maximum atomic E-state index is 11.2. The molecular weight excluding hydrogens is 288 g/mol. The molecule has 0 aliphatic carbocycles. The van der Waals surface area contributed by atoms with Crippen LogP contribution in [0.1, 0.15) is 104 Å². The van der Waals surface area contributed by atoms with Crippen LogP contribution >= 0.6 is 0 Å². The maximum Gasteiger partial charge on any atom is 0.335 e. The molecule has 1 N–H and O–H groups in total. The molecule has 0 saturated carbocycles. The van der Waals surface area contributed by atoms with E-state index in [0.29, 0.717) is 12.0 Å². The fourth-order valence-corrected chi connectivity index (χ4v) is 2.62. The van der Waals surface area contributed by atoms with Crippen LogP contribution in [0.4, 0.5) is 0 Å². The van der Waals surface area contributed by atoms with Crippen molar-refractivity contribution in [1.29, 1.82) is 0 Å². The van der Waals surface area contributed by atoms with E-state index in [1.807, 2.05) is 0 Å². The summed E-state index contributed by atoms with van der Waals surface area (Å²) in [5.74, 6) is -0.507. The maximum absolute atomic E-state index is 11.2. The highest BCUT2D eigenvalue weighted by Crippen LogP contribution is 2.13. The van der Waals surface area contributed by atoms with Crippen LogP contribution in [0.25, 0.3) is 0 Å². The molecule has 0 amide bonds. The summed E-state index contributed by atoms with van der Waals surface area (Å²) in [6, 6.07) is 0. The number of aliphatic hydroxyl groups is 1. The summed E-state index contributed by atoms with van der Waals surface area (Å²) in [7, 11) is 0. The lowest BCUT2D eigenvalue weighted by Gasteiger charge is -2.11. The van der Waals surface area contributed by atoms with Gasteiger partial charge in [-0.2, -0.15) is 0 Å². The van der Waals surface area contributed by atoms with Crippen molar-refractivity contribution in [2.24, 2.45) is 0 Å².